The van der Waals surface area contributed by atoms with E-state index < -0.39 is 0 Å². The van der Waals surface area contributed by atoms with Crippen molar-refractivity contribution in [3.63, 3.8) is 0 Å². The van der Waals surface area contributed by atoms with E-state index >= 15 is 0 Å². The maximum Gasteiger partial charge on any atom is 0.0589 e. The second-order valence-electron chi connectivity index (χ2n) is 5.05. The molecule has 0 fully saturated rings. The van der Waals surface area contributed by atoms with Gasteiger partial charge in [-0.15, -0.1) is 0 Å². The van der Waals surface area contributed by atoms with Gasteiger partial charge in [0.2, 0.25) is 0 Å². The molecule has 0 rings (SSSR count). The summed E-state index contributed by atoms with van der Waals surface area (Å²) in [6.45, 7) is 16.7. The van der Waals surface area contributed by atoms with Gasteiger partial charge < -0.3 is 10.1 Å². The Labute approximate surface area is 107 Å². The van der Waals surface area contributed by atoms with E-state index in [4.69, 9.17) is 4.74 Å². The first kappa shape index (κ1) is 16.6. The van der Waals surface area contributed by atoms with Gasteiger partial charge in [-0.25, -0.2) is 0 Å². The zero-order valence-corrected chi connectivity index (χ0v) is 12.1. The number of methoxy groups -OCH3 is 1. The lowest BCUT2D eigenvalue weighted by Gasteiger charge is -2.25. The fraction of sp³-hybridized carbons (Fsp3) is 0.857. The Hall–Kier alpha value is -0.380. The zero-order chi connectivity index (χ0) is 13.1. The third-order valence-electron chi connectivity index (χ3n) is 2.48. The summed E-state index contributed by atoms with van der Waals surface area (Å²) in [4.78, 5) is 2.42. The van der Waals surface area contributed by atoms with Gasteiger partial charge in [0.25, 0.3) is 0 Å². The van der Waals surface area contributed by atoms with Crippen LogP contribution in [0.2, 0.25) is 0 Å². The molecular formula is C14H30N2O. The molecule has 0 bridgehead atoms. The maximum absolute atomic E-state index is 5.15. The van der Waals surface area contributed by atoms with Crippen molar-refractivity contribution >= 4 is 0 Å². The Morgan fingerprint density at radius 3 is 2.65 bits per heavy atom. The minimum atomic E-state index is 0.684. The minimum Gasteiger partial charge on any atom is -0.383 e. The first-order valence-electron chi connectivity index (χ1n) is 6.68. The summed E-state index contributed by atoms with van der Waals surface area (Å²) in [5, 5.41) is 3.39. The van der Waals surface area contributed by atoms with E-state index in [0.29, 0.717) is 5.92 Å². The summed E-state index contributed by atoms with van der Waals surface area (Å²) in [5.74, 6) is 0.684. The molecule has 0 aromatic rings. The molecule has 0 heterocycles. The van der Waals surface area contributed by atoms with Crippen molar-refractivity contribution in [2.24, 2.45) is 5.92 Å². The predicted octanol–water partition coefficient (Wildman–Crippen LogP) is 2.15. The van der Waals surface area contributed by atoms with E-state index in [9.17, 15) is 0 Å². The molecule has 0 aromatic carbocycles. The number of rotatable bonds is 11. The topological polar surface area (TPSA) is 24.5 Å². The Bertz CT molecular complexity index is 193. The Morgan fingerprint density at radius 1 is 1.41 bits per heavy atom. The van der Waals surface area contributed by atoms with Crippen LogP contribution in [0.25, 0.3) is 0 Å². The van der Waals surface area contributed by atoms with Gasteiger partial charge in [0, 0.05) is 33.3 Å². The average molecular weight is 242 g/mol. The van der Waals surface area contributed by atoms with Crippen LogP contribution in [0.3, 0.4) is 0 Å². The fourth-order valence-corrected chi connectivity index (χ4v) is 1.79. The van der Waals surface area contributed by atoms with Crippen LogP contribution in [0.5, 0.6) is 0 Å². The van der Waals surface area contributed by atoms with Crippen molar-refractivity contribution in [1.29, 1.82) is 0 Å². The second-order valence-corrected chi connectivity index (χ2v) is 5.05. The van der Waals surface area contributed by atoms with E-state index in [0.717, 1.165) is 39.3 Å². The summed E-state index contributed by atoms with van der Waals surface area (Å²) >= 11 is 0. The van der Waals surface area contributed by atoms with Crippen molar-refractivity contribution < 1.29 is 4.74 Å². The SMILES string of the molecule is C=C(CNCCC)CN(CCOC)CC(C)C. The number of hydrogen-bond acceptors (Lipinski definition) is 3. The van der Waals surface area contributed by atoms with E-state index in [-0.39, 0.29) is 0 Å². The smallest absolute Gasteiger partial charge is 0.0589 e. The molecule has 1 N–H and O–H groups in total. The van der Waals surface area contributed by atoms with E-state index in [1.807, 2.05) is 0 Å². The van der Waals surface area contributed by atoms with Gasteiger partial charge in [-0.05, 0) is 24.5 Å². The summed E-state index contributed by atoms with van der Waals surface area (Å²) in [7, 11) is 1.76. The summed E-state index contributed by atoms with van der Waals surface area (Å²) in [6.07, 6.45) is 1.17. The first-order chi connectivity index (χ1) is 8.10. The largest absolute Gasteiger partial charge is 0.383 e. The van der Waals surface area contributed by atoms with Crippen LogP contribution in [0.15, 0.2) is 12.2 Å². The summed E-state index contributed by atoms with van der Waals surface area (Å²) < 4.78 is 5.15. The van der Waals surface area contributed by atoms with Crippen molar-refractivity contribution in [3.8, 4) is 0 Å². The molecule has 17 heavy (non-hydrogen) atoms. The lowest BCUT2D eigenvalue weighted by atomic mass is 10.2. The second kappa shape index (κ2) is 10.8. The van der Waals surface area contributed by atoms with Crippen LogP contribution in [0.1, 0.15) is 27.2 Å². The van der Waals surface area contributed by atoms with Crippen molar-refractivity contribution in [2.45, 2.75) is 27.2 Å². The quantitative estimate of drug-likeness (QED) is 0.444. The van der Waals surface area contributed by atoms with Gasteiger partial charge in [0.1, 0.15) is 0 Å². The molecular weight excluding hydrogens is 212 g/mol. The highest BCUT2D eigenvalue weighted by Gasteiger charge is 2.08. The fourth-order valence-electron chi connectivity index (χ4n) is 1.79. The molecule has 0 saturated heterocycles. The minimum absolute atomic E-state index is 0.684. The van der Waals surface area contributed by atoms with Crippen molar-refractivity contribution in [3.05, 3.63) is 12.2 Å². The van der Waals surface area contributed by atoms with Crippen molar-refractivity contribution in [1.82, 2.24) is 10.2 Å². The highest BCUT2D eigenvalue weighted by Crippen LogP contribution is 2.02. The van der Waals surface area contributed by atoms with Crippen LogP contribution < -0.4 is 5.32 Å². The molecule has 0 aromatic heterocycles. The van der Waals surface area contributed by atoms with Crippen LogP contribution in [0, 0.1) is 5.92 Å². The molecule has 0 radical (unpaired) electrons. The van der Waals surface area contributed by atoms with Crippen LogP contribution in [-0.2, 0) is 4.74 Å². The molecule has 0 unspecified atom stereocenters. The number of hydrogen-bond donors (Lipinski definition) is 1. The van der Waals surface area contributed by atoms with Crippen LogP contribution >= 0.6 is 0 Å². The van der Waals surface area contributed by atoms with Gasteiger partial charge in [-0.2, -0.15) is 0 Å². The molecule has 0 aliphatic rings. The normalized spacial score (nSPS) is 11.4. The number of nitrogens with zero attached hydrogens (tertiary/aromatic N) is 1. The lowest BCUT2D eigenvalue weighted by molar-refractivity contribution is 0.145. The molecule has 0 spiro atoms. The standard InChI is InChI=1S/C14H30N2O/c1-6-7-15-10-14(4)12-16(8-9-17-5)11-13(2)3/h13,15H,4,6-12H2,1-3,5H3. The molecule has 3 heteroatoms. The van der Waals surface area contributed by atoms with E-state index in [1.54, 1.807) is 7.11 Å². The Kier molecular flexibility index (Phi) is 10.5. The third-order valence-corrected chi connectivity index (χ3v) is 2.48. The molecule has 0 atom stereocenters. The molecule has 0 saturated carbocycles. The lowest BCUT2D eigenvalue weighted by Crippen LogP contribution is -2.34. The average Bonchev–Trinajstić information content (AvgIpc) is 2.25. The summed E-state index contributed by atoms with van der Waals surface area (Å²) in [6, 6.07) is 0. The van der Waals surface area contributed by atoms with E-state index in [1.165, 1.54) is 12.0 Å². The van der Waals surface area contributed by atoms with E-state index in [2.05, 4.69) is 37.6 Å². The molecule has 0 amide bonds. The van der Waals surface area contributed by atoms with Gasteiger partial charge in [0.15, 0.2) is 0 Å². The van der Waals surface area contributed by atoms with Gasteiger partial charge >= 0.3 is 0 Å². The first-order valence-corrected chi connectivity index (χ1v) is 6.68. The molecule has 102 valence electrons. The highest BCUT2D eigenvalue weighted by atomic mass is 16.5. The third kappa shape index (κ3) is 10.5. The number of ether oxygens (including phenoxy) is 1. The number of nitrogens with one attached hydrogen (secondary N) is 1. The molecule has 0 aliphatic heterocycles. The summed E-state index contributed by atoms with van der Waals surface area (Å²) in [5.41, 5.74) is 1.26. The van der Waals surface area contributed by atoms with Crippen LogP contribution in [0.4, 0.5) is 0 Å². The molecule has 0 aliphatic carbocycles. The molecule has 3 nitrogen and oxygen atoms in total. The van der Waals surface area contributed by atoms with Gasteiger partial charge in [-0.1, -0.05) is 27.4 Å². The predicted molar refractivity (Wildman–Crippen MR) is 75.5 cm³/mol. The zero-order valence-electron chi connectivity index (χ0n) is 12.1. The highest BCUT2D eigenvalue weighted by molar-refractivity contribution is 4.99. The van der Waals surface area contributed by atoms with Crippen molar-refractivity contribution in [2.75, 3.05) is 46.4 Å². The monoisotopic (exact) mass is 242 g/mol. The van der Waals surface area contributed by atoms with Gasteiger partial charge in [-0.3, -0.25) is 4.90 Å². The maximum atomic E-state index is 5.15. The Morgan fingerprint density at radius 2 is 2.12 bits per heavy atom. The van der Waals surface area contributed by atoms with Crippen LogP contribution in [-0.4, -0.2) is 51.3 Å². The Balaban J connectivity index is 3.90. The van der Waals surface area contributed by atoms with Gasteiger partial charge in [0.05, 0.1) is 6.61 Å².